The average molecular weight is 480 g/mol. The van der Waals surface area contributed by atoms with Crippen LogP contribution in [0.1, 0.15) is 11.3 Å². The highest BCUT2D eigenvalue weighted by Gasteiger charge is 2.18. The van der Waals surface area contributed by atoms with Crippen LogP contribution in [0, 0.1) is 6.92 Å². The van der Waals surface area contributed by atoms with E-state index in [0.29, 0.717) is 17.9 Å². The van der Waals surface area contributed by atoms with Gasteiger partial charge in [-0.1, -0.05) is 18.2 Å². The monoisotopic (exact) mass is 479 g/mol. The van der Waals surface area contributed by atoms with Gasteiger partial charge in [-0.05, 0) is 43.2 Å². The third-order valence-electron chi connectivity index (χ3n) is 6.33. The summed E-state index contributed by atoms with van der Waals surface area (Å²) in [4.78, 5) is 12.6. The van der Waals surface area contributed by atoms with E-state index in [-0.39, 0.29) is 18.5 Å². The first kappa shape index (κ1) is 21.9. The van der Waals surface area contributed by atoms with Crippen molar-refractivity contribution in [2.45, 2.75) is 19.4 Å². The second-order valence-corrected chi connectivity index (χ2v) is 8.85. The molecule has 0 radical (unpaired) electrons. The van der Waals surface area contributed by atoms with Crippen molar-refractivity contribution in [3.63, 3.8) is 0 Å². The van der Waals surface area contributed by atoms with E-state index in [9.17, 15) is 0 Å². The van der Waals surface area contributed by atoms with Crippen molar-refractivity contribution >= 4 is 27.6 Å². The Bertz CT molecular complexity index is 1670. The van der Waals surface area contributed by atoms with E-state index < -0.39 is 0 Å². The molecule has 5 heterocycles. The topological polar surface area (TPSA) is 145 Å². The minimum atomic E-state index is -0.233. The van der Waals surface area contributed by atoms with Crippen LogP contribution >= 0.6 is 0 Å². The Morgan fingerprint density at radius 2 is 2.03 bits per heavy atom. The highest BCUT2D eigenvalue weighted by atomic mass is 16.5. The second-order valence-electron chi connectivity index (χ2n) is 8.85. The lowest BCUT2D eigenvalue weighted by Crippen LogP contribution is -2.30. The number of aryl methyl sites for hydroxylation is 1. The third kappa shape index (κ3) is 3.95. The maximum absolute atomic E-state index is 6.44. The molecule has 36 heavy (non-hydrogen) atoms. The van der Waals surface area contributed by atoms with Gasteiger partial charge in [-0.3, -0.25) is 10.1 Å². The number of para-hydroxylation sites is 1. The average Bonchev–Trinajstić information content (AvgIpc) is 3.64. The number of pyridine rings is 2. The highest BCUT2D eigenvalue weighted by molar-refractivity contribution is 5.88. The van der Waals surface area contributed by atoms with Crippen LogP contribution in [0.5, 0.6) is 5.75 Å². The molecule has 0 saturated heterocycles. The standard InChI is InChI=1S/C27H25N7O2/c1-15-20-9-23(31-12-24(20)34-33-15)21-10-25(27(29)32-26(21)16-6-7-35-13-16)36-14-18(28)8-17-11-30-22-5-3-2-4-19(17)22/h2-7,9-13,18,30H,8,14,28H2,1H3,(H2,29,32)(H,33,34)/t18-/m0/s1. The van der Waals surface area contributed by atoms with Gasteiger partial charge >= 0.3 is 0 Å². The molecule has 6 N–H and O–H groups in total. The molecule has 0 fully saturated rings. The van der Waals surface area contributed by atoms with E-state index >= 15 is 0 Å². The number of benzene rings is 1. The first-order valence-corrected chi connectivity index (χ1v) is 11.6. The number of nitrogens with one attached hydrogen (secondary N) is 2. The van der Waals surface area contributed by atoms with E-state index in [1.54, 1.807) is 18.7 Å². The molecular weight excluding hydrogens is 454 g/mol. The van der Waals surface area contributed by atoms with Crippen LogP contribution in [0.3, 0.4) is 0 Å². The van der Waals surface area contributed by atoms with E-state index in [0.717, 1.165) is 49.9 Å². The van der Waals surface area contributed by atoms with Gasteiger partial charge in [0.1, 0.15) is 12.1 Å². The number of nitrogens with two attached hydrogens (primary N) is 2. The summed E-state index contributed by atoms with van der Waals surface area (Å²) in [5.74, 6) is 0.729. The summed E-state index contributed by atoms with van der Waals surface area (Å²) in [6.07, 6.45) is 7.63. The first-order valence-electron chi connectivity index (χ1n) is 11.6. The number of aromatic nitrogens is 5. The van der Waals surface area contributed by atoms with Crippen molar-refractivity contribution in [2.75, 3.05) is 12.3 Å². The molecule has 9 nitrogen and oxygen atoms in total. The van der Waals surface area contributed by atoms with Gasteiger partial charge in [-0.25, -0.2) is 4.98 Å². The number of fused-ring (bicyclic) bond motifs is 2. The number of nitrogens with zero attached hydrogens (tertiary/aromatic N) is 3. The van der Waals surface area contributed by atoms with Gasteiger partial charge in [0.2, 0.25) is 0 Å². The predicted octanol–water partition coefficient (Wildman–Crippen LogP) is 4.60. The SMILES string of the molecule is Cc1[nH]nc2cnc(-c3cc(OC[C@@H](N)Cc4c[nH]c5ccccc45)c(N)nc3-c3ccoc3)cc12. The molecule has 0 spiro atoms. The maximum Gasteiger partial charge on any atom is 0.166 e. The number of ether oxygens (including phenoxy) is 1. The molecule has 9 heteroatoms. The Morgan fingerprint density at radius 3 is 2.89 bits per heavy atom. The molecule has 0 aliphatic heterocycles. The van der Waals surface area contributed by atoms with E-state index in [1.165, 1.54) is 0 Å². The van der Waals surface area contributed by atoms with Crippen molar-refractivity contribution in [2.24, 2.45) is 5.73 Å². The largest absolute Gasteiger partial charge is 0.488 e. The molecule has 1 aromatic carbocycles. The summed E-state index contributed by atoms with van der Waals surface area (Å²) in [5, 5.41) is 9.42. The Balaban J connectivity index is 1.31. The number of hydrogen-bond donors (Lipinski definition) is 4. The zero-order valence-corrected chi connectivity index (χ0v) is 19.7. The molecule has 0 unspecified atom stereocenters. The fourth-order valence-corrected chi connectivity index (χ4v) is 4.47. The quantitative estimate of drug-likeness (QED) is 0.262. The number of furan rings is 1. The predicted molar refractivity (Wildman–Crippen MR) is 139 cm³/mol. The number of hydrogen-bond acceptors (Lipinski definition) is 7. The lowest BCUT2D eigenvalue weighted by Gasteiger charge is -2.16. The Hall–Kier alpha value is -4.63. The van der Waals surface area contributed by atoms with Crippen LogP contribution in [0.25, 0.3) is 44.3 Å². The van der Waals surface area contributed by atoms with Crippen LogP contribution in [-0.4, -0.2) is 37.8 Å². The van der Waals surface area contributed by atoms with Gasteiger partial charge in [0.05, 0.1) is 30.1 Å². The highest BCUT2D eigenvalue weighted by Crippen LogP contribution is 2.36. The van der Waals surface area contributed by atoms with Gasteiger partial charge in [-0.2, -0.15) is 5.10 Å². The fraction of sp³-hybridized carbons (Fsp3) is 0.148. The number of aromatic amines is 2. The summed E-state index contributed by atoms with van der Waals surface area (Å²) in [7, 11) is 0. The third-order valence-corrected chi connectivity index (χ3v) is 6.33. The Labute approximate surface area is 206 Å². The van der Waals surface area contributed by atoms with E-state index in [1.807, 2.05) is 49.5 Å². The van der Waals surface area contributed by atoms with Crippen molar-refractivity contribution in [1.82, 2.24) is 25.1 Å². The molecule has 6 aromatic rings. The second kappa shape index (κ2) is 8.86. The van der Waals surface area contributed by atoms with Crippen molar-refractivity contribution in [1.29, 1.82) is 0 Å². The molecule has 1 atom stereocenters. The van der Waals surface area contributed by atoms with Gasteiger partial charge in [-0.15, -0.1) is 0 Å². The van der Waals surface area contributed by atoms with Crippen LogP contribution in [0.15, 0.2) is 71.8 Å². The molecule has 6 rings (SSSR count). The molecule has 0 aliphatic rings. The van der Waals surface area contributed by atoms with Gasteiger partial charge < -0.3 is 25.6 Å². The van der Waals surface area contributed by atoms with Crippen LogP contribution in [0.4, 0.5) is 5.82 Å². The normalized spacial score (nSPS) is 12.4. The summed E-state index contributed by atoms with van der Waals surface area (Å²) < 4.78 is 11.4. The lowest BCUT2D eigenvalue weighted by molar-refractivity contribution is 0.288. The summed E-state index contributed by atoms with van der Waals surface area (Å²) in [5.41, 5.74) is 19.7. The van der Waals surface area contributed by atoms with Gasteiger partial charge in [0.15, 0.2) is 11.6 Å². The smallest absolute Gasteiger partial charge is 0.166 e. The summed E-state index contributed by atoms with van der Waals surface area (Å²) in [6.45, 7) is 2.25. The molecule has 180 valence electrons. The molecule has 0 aliphatic carbocycles. The maximum atomic E-state index is 6.44. The number of H-pyrrole nitrogens is 2. The number of nitrogen functional groups attached to an aromatic ring is 1. The molecular formula is C27H25N7O2. The summed E-state index contributed by atoms with van der Waals surface area (Å²) in [6, 6.07) is 13.6. The van der Waals surface area contributed by atoms with E-state index in [4.69, 9.17) is 20.6 Å². The Morgan fingerprint density at radius 1 is 1.14 bits per heavy atom. The molecule has 5 aromatic heterocycles. The van der Waals surface area contributed by atoms with Crippen LogP contribution in [-0.2, 0) is 6.42 Å². The van der Waals surface area contributed by atoms with Gasteiger partial charge in [0, 0.05) is 45.3 Å². The first-order chi connectivity index (χ1) is 17.6. The van der Waals surface area contributed by atoms with Crippen LogP contribution in [0.2, 0.25) is 0 Å². The molecule has 0 saturated carbocycles. The van der Waals surface area contributed by atoms with Gasteiger partial charge in [0.25, 0.3) is 0 Å². The minimum absolute atomic E-state index is 0.233. The number of rotatable bonds is 7. The minimum Gasteiger partial charge on any atom is -0.488 e. The Kier molecular flexibility index (Phi) is 5.38. The lowest BCUT2D eigenvalue weighted by atomic mass is 10.0. The molecule has 0 bridgehead atoms. The van der Waals surface area contributed by atoms with Crippen LogP contribution < -0.4 is 16.2 Å². The van der Waals surface area contributed by atoms with E-state index in [2.05, 4.69) is 31.2 Å². The zero-order valence-electron chi connectivity index (χ0n) is 19.7. The number of anilines is 1. The molecule has 0 amide bonds. The summed E-state index contributed by atoms with van der Waals surface area (Å²) >= 11 is 0. The van der Waals surface area contributed by atoms with Crippen molar-refractivity contribution in [3.05, 3.63) is 78.6 Å². The van der Waals surface area contributed by atoms with Crippen molar-refractivity contribution in [3.8, 4) is 28.3 Å². The zero-order chi connectivity index (χ0) is 24.6. The fourth-order valence-electron chi connectivity index (χ4n) is 4.47. The van der Waals surface area contributed by atoms with Crippen molar-refractivity contribution < 1.29 is 9.15 Å².